The predicted octanol–water partition coefficient (Wildman–Crippen LogP) is 3.38. The van der Waals surface area contributed by atoms with Crippen molar-refractivity contribution in [1.29, 1.82) is 0 Å². The zero-order valence-electron chi connectivity index (χ0n) is 14.6. The summed E-state index contributed by atoms with van der Waals surface area (Å²) in [5.74, 6) is -0.171. The van der Waals surface area contributed by atoms with Crippen LogP contribution >= 0.6 is 11.3 Å². The number of nitrogens with zero attached hydrogens (tertiary/aromatic N) is 2. The minimum atomic E-state index is -0.958. The predicted molar refractivity (Wildman–Crippen MR) is 99.1 cm³/mol. The summed E-state index contributed by atoms with van der Waals surface area (Å²) in [6, 6.07) is 13.3. The number of rotatable bonds is 7. The van der Waals surface area contributed by atoms with Crippen molar-refractivity contribution >= 4 is 23.3 Å². The summed E-state index contributed by atoms with van der Waals surface area (Å²) in [5.41, 5.74) is -0.125. The van der Waals surface area contributed by atoms with Crippen LogP contribution in [-0.4, -0.2) is 35.0 Å². The van der Waals surface area contributed by atoms with Gasteiger partial charge in [-0.25, -0.2) is 9.69 Å². The summed E-state index contributed by atoms with van der Waals surface area (Å²) < 4.78 is 0. The zero-order chi connectivity index (χ0) is 17.9. The summed E-state index contributed by atoms with van der Waals surface area (Å²) in [6.07, 6.45) is 0.523. The summed E-state index contributed by atoms with van der Waals surface area (Å²) >= 11 is 1.68. The maximum absolute atomic E-state index is 13.1. The van der Waals surface area contributed by atoms with Crippen LogP contribution in [0.1, 0.15) is 30.7 Å². The summed E-state index contributed by atoms with van der Waals surface area (Å²) in [7, 11) is 0. The number of carbonyl (C=O) groups is 2. The fourth-order valence-electron chi connectivity index (χ4n) is 3.20. The minimum Gasteiger partial charge on any atom is -0.319 e. The molecule has 2 heterocycles. The van der Waals surface area contributed by atoms with Crippen molar-refractivity contribution in [1.82, 2.24) is 15.1 Å². The summed E-state index contributed by atoms with van der Waals surface area (Å²) in [6.45, 7) is 5.76. The molecule has 1 fully saturated rings. The van der Waals surface area contributed by atoms with Crippen LogP contribution in [0.5, 0.6) is 0 Å². The number of imide groups is 1. The third kappa shape index (κ3) is 3.32. The van der Waals surface area contributed by atoms with Gasteiger partial charge in [-0.2, -0.15) is 0 Å². The second kappa shape index (κ2) is 7.37. The van der Waals surface area contributed by atoms with E-state index in [0.29, 0.717) is 13.1 Å². The van der Waals surface area contributed by atoms with Gasteiger partial charge < -0.3 is 5.32 Å². The van der Waals surface area contributed by atoms with Crippen molar-refractivity contribution in [3.8, 4) is 0 Å². The van der Waals surface area contributed by atoms with Crippen LogP contribution in [-0.2, 0) is 16.9 Å². The van der Waals surface area contributed by atoms with Crippen molar-refractivity contribution in [2.75, 3.05) is 13.2 Å². The van der Waals surface area contributed by atoms with E-state index in [4.69, 9.17) is 0 Å². The molecule has 0 radical (unpaired) electrons. The maximum Gasteiger partial charge on any atom is 0.326 e. The van der Waals surface area contributed by atoms with Crippen LogP contribution in [0.15, 0.2) is 47.8 Å². The van der Waals surface area contributed by atoms with E-state index in [-0.39, 0.29) is 11.9 Å². The first-order valence-corrected chi connectivity index (χ1v) is 9.43. The largest absolute Gasteiger partial charge is 0.326 e. The van der Waals surface area contributed by atoms with Crippen molar-refractivity contribution in [3.05, 3.63) is 58.3 Å². The molecule has 25 heavy (non-hydrogen) atoms. The number of urea groups is 1. The van der Waals surface area contributed by atoms with Crippen LogP contribution < -0.4 is 5.32 Å². The highest BCUT2D eigenvalue weighted by molar-refractivity contribution is 7.09. The molecule has 6 heteroatoms. The van der Waals surface area contributed by atoms with Gasteiger partial charge in [-0.1, -0.05) is 50.2 Å². The van der Waals surface area contributed by atoms with E-state index in [2.05, 4.69) is 16.3 Å². The molecular weight excluding hydrogens is 334 g/mol. The highest BCUT2D eigenvalue weighted by atomic mass is 32.1. The molecule has 0 spiro atoms. The summed E-state index contributed by atoms with van der Waals surface area (Å²) in [4.78, 5) is 30.4. The molecule has 1 aliphatic rings. The van der Waals surface area contributed by atoms with Gasteiger partial charge in [-0.15, -0.1) is 11.3 Å². The standard InChI is InChI=1S/C19H23N3O2S/c1-3-19(15-9-6-5-7-10-15)17(23)22(18(24)20-19)14-21(4-2)13-16-11-8-12-25-16/h5-12H,3-4,13-14H2,1-2H3,(H,20,24)/t19-/m1/s1. The van der Waals surface area contributed by atoms with Gasteiger partial charge in [0.1, 0.15) is 5.54 Å². The second-order valence-electron chi connectivity index (χ2n) is 6.15. The SMILES string of the molecule is CCN(Cc1cccs1)CN1C(=O)N[C@](CC)(c2ccccc2)C1=O. The molecular formula is C19H23N3O2S. The molecule has 3 amide bonds. The molecule has 1 N–H and O–H groups in total. The van der Waals surface area contributed by atoms with Crippen LogP contribution in [0.2, 0.25) is 0 Å². The molecule has 1 aromatic heterocycles. The minimum absolute atomic E-state index is 0.171. The van der Waals surface area contributed by atoms with Crippen molar-refractivity contribution in [2.24, 2.45) is 0 Å². The molecule has 1 saturated heterocycles. The molecule has 1 atom stereocenters. The molecule has 0 bridgehead atoms. The first-order valence-electron chi connectivity index (χ1n) is 8.55. The van der Waals surface area contributed by atoms with E-state index in [1.54, 1.807) is 11.3 Å². The number of nitrogens with one attached hydrogen (secondary N) is 1. The highest BCUT2D eigenvalue weighted by Crippen LogP contribution is 2.32. The molecule has 1 aliphatic heterocycles. The molecule has 132 valence electrons. The number of carbonyl (C=O) groups excluding carboxylic acids is 2. The third-order valence-electron chi connectivity index (χ3n) is 4.72. The number of thiophene rings is 1. The normalized spacial score (nSPS) is 20.4. The molecule has 0 saturated carbocycles. The van der Waals surface area contributed by atoms with E-state index in [1.807, 2.05) is 55.6 Å². The van der Waals surface area contributed by atoms with Crippen molar-refractivity contribution < 1.29 is 9.59 Å². The lowest BCUT2D eigenvalue weighted by Gasteiger charge is -2.27. The number of amides is 3. The quantitative estimate of drug-likeness (QED) is 0.773. The molecule has 2 aromatic rings. The first kappa shape index (κ1) is 17.6. The first-order chi connectivity index (χ1) is 12.1. The van der Waals surface area contributed by atoms with Gasteiger partial charge in [0.15, 0.2) is 0 Å². The molecule has 0 unspecified atom stereocenters. The van der Waals surface area contributed by atoms with Crippen molar-refractivity contribution in [3.63, 3.8) is 0 Å². The Hall–Kier alpha value is -2.18. The lowest BCUT2D eigenvalue weighted by Crippen LogP contribution is -2.45. The van der Waals surface area contributed by atoms with Crippen LogP contribution in [0.3, 0.4) is 0 Å². The number of hydrogen-bond donors (Lipinski definition) is 1. The molecule has 0 aliphatic carbocycles. The van der Waals surface area contributed by atoms with Crippen molar-refractivity contribution in [2.45, 2.75) is 32.4 Å². The van der Waals surface area contributed by atoms with Gasteiger partial charge in [0.2, 0.25) is 0 Å². The third-order valence-corrected chi connectivity index (χ3v) is 5.58. The molecule has 1 aromatic carbocycles. The smallest absolute Gasteiger partial charge is 0.319 e. The lowest BCUT2D eigenvalue weighted by atomic mass is 9.87. The van der Waals surface area contributed by atoms with Gasteiger partial charge in [-0.05, 0) is 30.0 Å². The Bertz CT molecular complexity index is 732. The average molecular weight is 357 g/mol. The Morgan fingerprint density at radius 2 is 1.88 bits per heavy atom. The van der Waals surface area contributed by atoms with Crippen LogP contribution in [0.4, 0.5) is 4.79 Å². The Balaban J connectivity index is 1.80. The summed E-state index contributed by atoms with van der Waals surface area (Å²) in [5, 5.41) is 4.97. The Morgan fingerprint density at radius 1 is 1.12 bits per heavy atom. The molecule has 5 nitrogen and oxygen atoms in total. The number of hydrogen-bond acceptors (Lipinski definition) is 4. The van der Waals surface area contributed by atoms with Gasteiger partial charge >= 0.3 is 6.03 Å². The topological polar surface area (TPSA) is 52.6 Å². The fourth-order valence-corrected chi connectivity index (χ4v) is 3.95. The van der Waals surface area contributed by atoms with E-state index >= 15 is 0 Å². The monoisotopic (exact) mass is 357 g/mol. The fraction of sp³-hybridized carbons (Fsp3) is 0.368. The Morgan fingerprint density at radius 3 is 2.48 bits per heavy atom. The van der Waals surface area contributed by atoms with Gasteiger partial charge in [-0.3, -0.25) is 9.69 Å². The van der Waals surface area contributed by atoms with Gasteiger partial charge in [0, 0.05) is 11.4 Å². The Kier molecular flexibility index (Phi) is 5.20. The highest BCUT2D eigenvalue weighted by Gasteiger charge is 2.51. The average Bonchev–Trinajstić information content (AvgIpc) is 3.23. The lowest BCUT2D eigenvalue weighted by molar-refractivity contribution is -0.133. The van der Waals surface area contributed by atoms with Gasteiger partial charge in [0.05, 0.1) is 6.67 Å². The van der Waals surface area contributed by atoms with E-state index < -0.39 is 5.54 Å². The van der Waals surface area contributed by atoms with E-state index in [1.165, 1.54) is 9.78 Å². The zero-order valence-corrected chi connectivity index (χ0v) is 15.4. The maximum atomic E-state index is 13.1. The Labute approximate surface area is 152 Å². The van der Waals surface area contributed by atoms with E-state index in [0.717, 1.165) is 18.7 Å². The molecule has 3 rings (SSSR count). The van der Waals surface area contributed by atoms with Gasteiger partial charge in [0.25, 0.3) is 5.91 Å². The van der Waals surface area contributed by atoms with Crippen LogP contribution in [0, 0.1) is 0 Å². The number of benzene rings is 1. The van der Waals surface area contributed by atoms with Crippen LogP contribution in [0.25, 0.3) is 0 Å². The second-order valence-corrected chi connectivity index (χ2v) is 7.19. The van der Waals surface area contributed by atoms with E-state index in [9.17, 15) is 9.59 Å².